The van der Waals surface area contributed by atoms with Crippen LogP contribution in [-0.4, -0.2) is 17.3 Å². The number of fused-ring (bicyclic) bond motifs is 1. The van der Waals surface area contributed by atoms with E-state index in [1.807, 2.05) is 0 Å². The molecule has 2 aliphatic carbocycles. The molecule has 0 aliphatic heterocycles. The molecule has 0 bridgehead atoms. The van der Waals surface area contributed by atoms with Crippen LogP contribution in [-0.2, 0) is 4.79 Å². The third-order valence-corrected chi connectivity index (χ3v) is 4.50. The van der Waals surface area contributed by atoms with E-state index in [2.05, 4.69) is 28.2 Å². The summed E-state index contributed by atoms with van der Waals surface area (Å²) in [5.41, 5.74) is 0. The van der Waals surface area contributed by atoms with Crippen LogP contribution in [0.15, 0.2) is 0 Å². The Kier molecular flexibility index (Phi) is 3.70. The maximum Gasteiger partial charge on any atom is 0.223 e. The Balaban J connectivity index is 1.64. The van der Waals surface area contributed by atoms with E-state index >= 15 is 0 Å². The molecule has 1 amide bonds. The Morgan fingerprint density at radius 1 is 1.40 bits per heavy atom. The SMILES string of the molecule is CCCC(Br)CNC(=O)C1CC2CC2C1. The average molecular weight is 274 g/mol. The highest BCUT2D eigenvalue weighted by molar-refractivity contribution is 9.09. The molecule has 0 aromatic rings. The van der Waals surface area contributed by atoms with Crippen LogP contribution < -0.4 is 5.32 Å². The molecule has 86 valence electrons. The summed E-state index contributed by atoms with van der Waals surface area (Å²) < 4.78 is 0. The summed E-state index contributed by atoms with van der Waals surface area (Å²) in [6, 6.07) is 0. The second kappa shape index (κ2) is 4.86. The quantitative estimate of drug-likeness (QED) is 0.767. The van der Waals surface area contributed by atoms with Crippen LogP contribution in [0, 0.1) is 17.8 Å². The number of halogens is 1. The summed E-state index contributed by atoms with van der Waals surface area (Å²) in [6.45, 7) is 2.96. The lowest BCUT2D eigenvalue weighted by Crippen LogP contribution is -2.34. The van der Waals surface area contributed by atoms with Gasteiger partial charge >= 0.3 is 0 Å². The van der Waals surface area contributed by atoms with Crippen LogP contribution in [0.2, 0.25) is 0 Å². The van der Waals surface area contributed by atoms with Crippen molar-refractivity contribution in [1.82, 2.24) is 5.32 Å². The topological polar surface area (TPSA) is 29.1 Å². The number of hydrogen-bond donors (Lipinski definition) is 1. The highest BCUT2D eigenvalue weighted by atomic mass is 79.9. The summed E-state index contributed by atoms with van der Waals surface area (Å²) in [6.07, 6.45) is 5.99. The maximum absolute atomic E-state index is 11.8. The fraction of sp³-hybridized carbons (Fsp3) is 0.917. The van der Waals surface area contributed by atoms with Gasteiger partial charge in [-0.2, -0.15) is 0 Å². The molecule has 0 aromatic heterocycles. The zero-order valence-electron chi connectivity index (χ0n) is 9.34. The van der Waals surface area contributed by atoms with Crippen molar-refractivity contribution >= 4 is 21.8 Å². The molecule has 3 atom stereocenters. The van der Waals surface area contributed by atoms with E-state index < -0.39 is 0 Å². The van der Waals surface area contributed by atoms with Gasteiger partial charge in [-0.3, -0.25) is 4.79 Å². The Bertz CT molecular complexity index is 234. The van der Waals surface area contributed by atoms with E-state index in [1.54, 1.807) is 0 Å². The number of amides is 1. The summed E-state index contributed by atoms with van der Waals surface area (Å²) in [5, 5.41) is 3.06. The van der Waals surface area contributed by atoms with Gasteiger partial charge in [-0.25, -0.2) is 0 Å². The van der Waals surface area contributed by atoms with Gasteiger partial charge in [0.05, 0.1) is 0 Å². The Labute approximate surface area is 100 Å². The lowest BCUT2D eigenvalue weighted by molar-refractivity contribution is -0.125. The van der Waals surface area contributed by atoms with Crippen LogP contribution in [0.25, 0.3) is 0 Å². The van der Waals surface area contributed by atoms with Gasteiger partial charge < -0.3 is 5.32 Å². The van der Waals surface area contributed by atoms with Crippen LogP contribution in [0.4, 0.5) is 0 Å². The monoisotopic (exact) mass is 273 g/mol. The Hall–Kier alpha value is -0.0500. The summed E-state index contributed by atoms with van der Waals surface area (Å²) in [7, 11) is 0. The van der Waals surface area contributed by atoms with Crippen LogP contribution in [0.1, 0.15) is 39.0 Å². The van der Waals surface area contributed by atoms with E-state index in [4.69, 9.17) is 0 Å². The molecule has 0 saturated heterocycles. The highest BCUT2D eigenvalue weighted by Gasteiger charge is 2.47. The summed E-state index contributed by atoms with van der Waals surface area (Å²) in [5.74, 6) is 2.42. The van der Waals surface area contributed by atoms with Crippen LogP contribution in [0.3, 0.4) is 0 Å². The predicted molar refractivity (Wildman–Crippen MR) is 65.0 cm³/mol. The van der Waals surface area contributed by atoms with E-state index in [9.17, 15) is 4.79 Å². The smallest absolute Gasteiger partial charge is 0.223 e. The molecule has 0 heterocycles. The molecule has 3 unspecified atom stereocenters. The molecule has 2 saturated carbocycles. The fourth-order valence-corrected chi connectivity index (χ4v) is 3.32. The van der Waals surface area contributed by atoms with Crippen molar-refractivity contribution in [3.63, 3.8) is 0 Å². The zero-order valence-corrected chi connectivity index (χ0v) is 10.9. The molecule has 3 heteroatoms. The average Bonchev–Trinajstić information content (AvgIpc) is 2.83. The van der Waals surface area contributed by atoms with E-state index in [-0.39, 0.29) is 0 Å². The van der Waals surface area contributed by atoms with Crippen molar-refractivity contribution in [2.45, 2.75) is 43.9 Å². The number of hydrogen-bond acceptors (Lipinski definition) is 1. The molecule has 2 nitrogen and oxygen atoms in total. The van der Waals surface area contributed by atoms with Crippen molar-refractivity contribution in [2.75, 3.05) is 6.54 Å². The van der Waals surface area contributed by atoms with Crippen molar-refractivity contribution in [3.05, 3.63) is 0 Å². The minimum absolute atomic E-state index is 0.294. The number of alkyl halides is 1. The second-order valence-corrected chi connectivity index (χ2v) is 6.35. The van der Waals surface area contributed by atoms with Gasteiger partial charge in [0, 0.05) is 17.3 Å². The van der Waals surface area contributed by atoms with E-state index in [0.717, 1.165) is 37.6 Å². The minimum Gasteiger partial charge on any atom is -0.355 e. The van der Waals surface area contributed by atoms with Gasteiger partial charge in [-0.15, -0.1) is 0 Å². The van der Waals surface area contributed by atoms with Crippen LogP contribution >= 0.6 is 15.9 Å². The normalized spacial score (nSPS) is 34.7. The first kappa shape index (κ1) is 11.4. The summed E-state index contributed by atoms with van der Waals surface area (Å²) >= 11 is 3.58. The zero-order chi connectivity index (χ0) is 10.8. The largest absolute Gasteiger partial charge is 0.355 e. The lowest BCUT2D eigenvalue weighted by Gasteiger charge is -2.14. The van der Waals surface area contributed by atoms with Gasteiger partial charge in [-0.05, 0) is 37.5 Å². The molecular weight excluding hydrogens is 254 g/mol. The Morgan fingerprint density at radius 3 is 2.67 bits per heavy atom. The number of carbonyl (C=O) groups is 1. The first-order valence-corrected chi connectivity index (χ1v) is 7.04. The van der Waals surface area contributed by atoms with Gasteiger partial charge in [-0.1, -0.05) is 29.3 Å². The molecule has 2 rings (SSSR count). The van der Waals surface area contributed by atoms with Gasteiger partial charge in [0.15, 0.2) is 0 Å². The molecule has 0 aromatic carbocycles. The molecule has 2 fully saturated rings. The third-order valence-electron chi connectivity index (χ3n) is 3.71. The number of nitrogens with one attached hydrogen (secondary N) is 1. The molecule has 2 aliphatic rings. The first-order chi connectivity index (χ1) is 7.20. The van der Waals surface area contributed by atoms with Crippen molar-refractivity contribution < 1.29 is 4.79 Å². The minimum atomic E-state index is 0.294. The van der Waals surface area contributed by atoms with Gasteiger partial charge in [0.2, 0.25) is 5.91 Å². The van der Waals surface area contributed by atoms with Gasteiger partial charge in [0.1, 0.15) is 0 Å². The number of rotatable bonds is 5. The molecule has 0 spiro atoms. The van der Waals surface area contributed by atoms with E-state index in [1.165, 1.54) is 12.8 Å². The molecular formula is C12H20BrNO. The predicted octanol–water partition coefficient (Wildman–Crippen LogP) is 2.71. The van der Waals surface area contributed by atoms with Crippen molar-refractivity contribution in [1.29, 1.82) is 0 Å². The third kappa shape index (κ3) is 2.96. The van der Waals surface area contributed by atoms with Crippen molar-refractivity contribution in [2.24, 2.45) is 17.8 Å². The van der Waals surface area contributed by atoms with E-state index in [0.29, 0.717) is 16.7 Å². The summed E-state index contributed by atoms with van der Waals surface area (Å²) in [4.78, 5) is 12.2. The molecule has 1 N–H and O–H groups in total. The highest BCUT2D eigenvalue weighted by Crippen LogP contribution is 2.54. The number of carbonyl (C=O) groups excluding carboxylic acids is 1. The van der Waals surface area contributed by atoms with Gasteiger partial charge in [0.25, 0.3) is 0 Å². The Morgan fingerprint density at radius 2 is 2.07 bits per heavy atom. The second-order valence-electron chi connectivity index (χ2n) is 5.06. The molecule has 0 radical (unpaired) electrons. The molecule has 15 heavy (non-hydrogen) atoms. The first-order valence-electron chi connectivity index (χ1n) is 6.12. The maximum atomic E-state index is 11.8. The lowest BCUT2D eigenvalue weighted by atomic mass is 10.0. The van der Waals surface area contributed by atoms with Crippen molar-refractivity contribution in [3.8, 4) is 0 Å². The standard InChI is InChI=1S/C12H20BrNO/c1-2-3-11(13)7-14-12(15)10-5-8-4-9(8)6-10/h8-11H,2-7H2,1H3,(H,14,15). The van der Waals surface area contributed by atoms with Crippen LogP contribution in [0.5, 0.6) is 0 Å². The fourth-order valence-electron chi connectivity index (χ4n) is 2.70.